The molecule has 0 spiro atoms. The number of pyridine rings is 1. The summed E-state index contributed by atoms with van der Waals surface area (Å²) in [6.07, 6.45) is 1.80. The molecule has 88 valence electrons. The van der Waals surface area contributed by atoms with E-state index in [0.717, 1.165) is 25.8 Å². The van der Waals surface area contributed by atoms with Gasteiger partial charge in [-0.15, -0.1) is 0 Å². The molecule has 2 nitrogen and oxygen atoms in total. The molecule has 0 radical (unpaired) electrons. The lowest BCUT2D eigenvalue weighted by Crippen LogP contribution is -1.99. The molecule has 1 aromatic heterocycles. The van der Waals surface area contributed by atoms with E-state index in [4.69, 9.17) is 0 Å². The first-order valence-electron chi connectivity index (χ1n) is 4.94. The van der Waals surface area contributed by atoms with Gasteiger partial charge in [0.25, 0.3) is 0 Å². The van der Waals surface area contributed by atoms with Crippen molar-refractivity contribution in [3.8, 4) is 0 Å². The van der Waals surface area contributed by atoms with Crippen LogP contribution < -0.4 is 5.32 Å². The lowest BCUT2D eigenvalue weighted by molar-refractivity contribution is 1.13. The van der Waals surface area contributed by atoms with Crippen molar-refractivity contribution < 1.29 is 0 Å². The minimum absolute atomic E-state index is 0.773. The summed E-state index contributed by atoms with van der Waals surface area (Å²) in [5.41, 5.74) is 2.22. The van der Waals surface area contributed by atoms with Crippen LogP contribution in [0.1, 0.15) is 5.56 Å². The summed E-state index contributed by atoms with van der Waals surface area (Å²) in [7, 11) is 0. The SMILES string of the molecule is Brc1ccc(NCc2ccc(Br)c(Br)c2)cn1. The number of anilines is 1. The van der Waals surface area contributed by atoms with E-state index >= 15 is 0 Å². The normalized spacial score (nSPS) is 10.3. The zero-order chi connectivity index (χ0) is 12.3. The average molecular weight is 421 g/mol. The molecule has 0 saturated carbocycles. The molecule has 17 heavy (non-hydrogen) atoms. The third kappa shape index (κ3) is 3.79. The van der Waals surface area contributed by atoms with E-state index in [1.54, 1.807) is 6.20 Å². The molecule has 2 rings (SSSR count). The predicted molar refractivity (Wildman–Crippen MR) is 81.1 cm³/mol. The van der Waals surface area contributed by atoms with Gasteiger partial charge in [0.05, 0.1) is 11.9 Å². The first kappa shape index (κ1) is 13.1. The molecule has 0 aliphatic rings. The van der Waals surface area contributed by atoms with Gasteiger partial charge in [-0.05, 0) is 77.6 Å². The van der Waals surface area contributed by atoms with Crippen LogP contribution >= 0.6 is 47.8 Å². The summed E-state index contributed by atoms with van der Waals surface area (Å²) in [5, 5.41) is 3.32. The van der Waals surface area contributed by atoms with E-state index in [0.29, 0.717) is 0 Å². The van der Waals surface area contributed by atoms with Gasteiger partial charge in [0.1, 0.15) is 4.60 Å². The fraction of sp³-hybridized carbons (Fsp3) is 0.0833. The third-order valence-corrected chi connectivity index (χ3v) is 4.56. The van der Waals surface area contributed by atoms with Gasteiger partial charge in [-0.25, -0.2) is 4.98 Å². The minimum Gasteiger partial charge on any atom is -0.380 e. The van der Waals surface area contributed by atoms with Crippen LogP contribution in [0.25, 0.3) is 0 Å². The predicted octanol–water partition coefficient (Wildman–Crippen LogP) is 4.98. The summed E-state index contributed by atoms with van der Waals surface area (Å²) >= 11 is 10.2. The zero-order valence-electron chi connectivity index (χ0n) is 8.75. The minimum atomic E-state index is 0.773. The molecule has 0 aliphatic carbocycles. The van der Waals surface area contributed by atoms with Crippen LogP contribution in [0, 0.1) is 0 Å². The maximum Gasteiger partial charge on any atom is 0.106 e. The van der Waals surface area contributed by atoms with Gasteiger partial charge in [-0.3, -0.25) is 0 Å². The summed E-state index contributed by atoms with van der Waals surface area (Å²) in [6, 6.07) is 10.1. The maximum absolute atomic E-state index is 4.16. The fourth-order valence-corrected chi connectivity index (χ4v) is 2.24. The Morgan fingerprint density at radius 2 is 1.82 bits per heavy atom. The molecule has 0 atom stereocenters. The van der Waals surface area contributed by atoms with E-state index in [1.807, 2.05) is 18.2 Å². The Bertz CT molecular complexity index is 512. The smallest absolute Gasteiger partial charge is 0.106 e. The lowest BCUT2D eigenvalue weighted by Gasteiger charge is -2.07. The summed E-state index contributed by atoms with van der Waals surface area (Å²) < 4.78 is 2.96. The molecule has 1 aromatic carbocycles. The van der Waals surface area contributed by atoms with Crippen LogP contribution in [-0.2, 0) is 6.54 Å². The molecule has 0 unspecified atom stereocenters. The number of hydrogen-bond acceptors (Lipinski definition) is 2. The number of benzene rings is 1. The molecule has 1 heterocycles. The number of halogens is 3. The second-order valence-electron chi connectivity index (χ2n) is 3.47. The third-order valence-electron chi connectivity index (χ3n) is 2.21. The fourth-order valence-electron chi connectivity index (χ4n) is 1.33. The first-order valence-corrected chi connectivity index (χ1v) is 7.32. The van der Waals surface area contributed by atoms with Crippen LogP contribution in [0.5, 0.6) is 0 Å². The molecular formula is C12H9Br3N2. The summed E-state index contributed by atoms with van der Waals surface area (Å²) in [6.45, 7) is 0.773. The van der Waals surface area contributed by atoms with Crippen molar-refractivity contribution in [1.82, 2.24) is 4.98 Å². The molecule has 0 amide bonds. The van der Waals surface area contributed by atoms with Crippen molar-refractivity contribution in [2.24, 2.45) is 0 Å². The summed E-state index contributed by atoms with van der Waals surface area (Å²) in [4.78, 5) is 4.16. The van der Waals surface area contributed by atoms with Crippen molar-refractivity contribution in [2.45, 2.75) is 6.54 Å². The van der Waals surface area contributed by atoms with Crippen LogP contribution in [-0.4, -0.2) is 4.98 Å². The van der Waals surface area contributed by atoms with E-state index in [-0.39, 0.29) is 0 Å². The van der Waals surface area contributed by atoms with E-state index in [1.165, 1.54) is 5.56 Å². The van der Waals surface area contributed by atoms with Crippen LogP contribution in [0.3, 0.4) is 0 Å². The second kappa shape index (κ2) is 5.98. The average Bonchev–Trinajstić information content (AvgIpc) is 2.33. The molecule has 1 N–H and O–H groups in total. The highest BCUT2D eigenvalue weighted by atomic mass is 79.9. The Hall–Kier alpha value is -0.390. The maximum atomic E-state index is 4.16. The van der Waals surface area contributed by atoms with E-state index in [9.17, 15) is 0 Å². The quantitative estimate of drug-likeness (QED) is 0.708. The molecule has 0 fully saturated rings. The first-order chi connectivity index (χ1) is 8.15. The number of nitrogens with zero attached hydrogens (tertiary/aromatic N) is 1. The van der Waals surface area contributed by atoms with Gasteiger partial charge in [-0.1, -0.05) is 6.07 Å². The lowest BCUT2D eigenvalue weighted by atomic mass is 10.2. The number of hydrogen-bond donors (Lipinski definition) is 1. The highest BCUT2D eigenvalue weighted by molar-refractivity contribution is 9.13. The van der Waals surface area contributed by atoms with Gasteiger partial charge in [0.2, 0.25) is 0 Å². The van der Waals surface area contributed by atoms with Gasteiger partial charge < -0.3 is 5.32 Å². The van der Waals surface area contributed by atoms with Crippen LogP contribution in [0.4, 0.5) is 5.69 Å². The Balaban J connectivity index is 2.02. The van der Waals surface area contributed by atoms with Crippen molar-refractivity contribution >= 4 is 53.5 Å². The van der Waals surface area contributed by atoms with Crippen molar-refractivity contribution in [3.05, 3.63) is 55.6 Å². The largest absolute Gasteiger partial charge is 0.380 e. The Kier molecular flexibility index (Phi) is 4.59. The van der Waals surface area contributed by atoms with Gasteiger partial charge in [0, 0.05) is 15.5 Å². The standard InChI is InChI=1S/C12H9Br3N2/c13-10-3-1-8(5-11(10)14)6-16-9-2-4-12(15)17-7-9/h1-5,7,16H,6H2. The molecule has 5 heteroatoms. The van der Waals surface area contributed by atoms with Crippen molar-refractivity contribution in [2.75, 3.05) is 5.32 Å². The monoisotopic (exact) mass is 418 g/mol. The molecule has 2 aromatic rings. The van der Waals surface area contributed by atoms with E-state index in [2.05, 4.69) is 70.2 Å². The zero-order valence-corrected chi connectivity index (χ0v) is 13.5. The van der Waals surface area contributed by atoms with Crippen molar-refractivity contribution in [1.29, 1.82) is 0 Å². The molecule has 0 aliphatic heterocycles. The van der Waals surface area contributed by atoms with Gasteiger partial charge >= 0.3 is 0 Å². The number of nitrogens with one attached hydrogen (secondary N) is 1. The Morgan fingerprint density at radius 3 is 2.47 bits per heavy atom. The van der Waals surface area contributed by atoms with Crippen LogP contribution in [0.15, 0.2) is 50.1 Å². The Labute approximate surface area is 125 Å². The van der Waals surface area contributed by atoms with Gasteiger partial charge in [-0.2, -0.15) is 0 Å². The van der Waals surface area contributed by atoms with Crippen molar-refractivity contribution in [3.63, 3.8) is 0 Å². The Morgan fingerprint density at radius 1 is 1.00 bits per heavy atom. The molecule has 0 saturated heterocycles. The molecule has 0 bridgehead atoms. The highest BCUT2D eigenvalue weighted by Gasteiger charge is 1.99. The number of rotatable bonds is 3. The second-order valence-corrected chi connectivity index (χ2v) is 5.99. The topological polar surface area (TPSA) is 24.9 Å². The molecular weight excluding hydrogens is 412 g/mol. The van der Waals surface area contributed by atoms with E-state index < -0.39 is 0 Å². The highest BCUT2D eigenvalue weighted by Crippen LogP contribution is 2.24. The van der Waals surface area contributed by atoms with Crippen LogP contribution in [0.2, 0.25) is 0 Å². The van der Waals surface area contributed by atoms with Gasteiger partial charge in [0.15, 0.2) is 0 Å². The summed E-state index contributed by atoms with van der Waals surface area (Å²) in [5.74, 6) is 0. The number of aromatic nitrogens is 1.